The Morgan fingerprint density at radius 2 is 1.58 bits per heavy atom. The highest BCUT2D eigenvalue weighted by molar-refractivity contribution is 7.99. The fraction of sp³-hybridized carbons (Fsp3) is 0.515. The average molecular weight is 609 g/mol. The van der Waals surface area contributed by atoms with Crippen LogP contribution in [0.4, 0.5) is 22.0 Å². The van der Waals surface area contributed by atoms with Crippen LogP contribution in [0.15, 0.2) is 56.4 Å². The fourth-order valence-corrected chi connectivity index (χ4v) is 4.95. The molecule has 3 aromatic rings. The highest BCUT2D eigenvalue weighted by atomic mass is 32.2. The number of carbonyl (C=O) groups excluding carboxylic acids is 1. The standard InChI is InChI=1S/C33H48N6O3S/c1-8-11-18-35-32(40)39-31(34)29(30(38-39)33(5,6)7)37-36-25-21-27(42-20-13-10-3)28(22-26(25)41-19-12-9-2)43-24-16-14-23(4)15-17-24/h14-17,21-22H,8-13,18-20,34H2,1-7H3,(H,35,40). The van der Waals surface area contributed by atoms with Crippen molar-refractivity contribution < 1.29 is 14.3 Å². The Morgan fingerprint density at radius 1 is 0.953 bits per heavy atom. The van der Waals surface area contributed by atoms with Gasteiger partial charge in [0.25, 0.3) is 0 Å². The zero-order valence-corrected chi connectivity index (χ0v) is 27.6. The third-order valence-corrected chi connectivity index (χ3v) is 7.69. The van der Waals surface area contributed by atoms with E-state index < -0.39 is 5.41 Å². The van der Waals surface area contributed by atoms with Gasteiger partial charge in [-0.1, -0.05) is 90.3 Å². The van der Waals surface area contributed by atoms with Crippen molar-refractivity contribution in [3.05, 3.63) is 47.7 Å². The van der Waals surface area contributed by atoms with Gasteiger partial charge in [-0.3, -0.25) is 0 Å². The molecule has 234 valence electrons. The first-order chi connectivity index (χ1) is 20.6. The maximum atomic E-state index is 12.9. The Morgan fingerprint density at radius 3 is 2.19 bits per heavy atom. The van der Waals surface area contributed by atoms with Crippen LogP contribution in [0.1, 0.15) is 91.3 Å². The molecule has 0 bridgehead atoms. The summed E-state index contributed by atoms with van der Waals surface area (Å²) >= 11 is 1.63. The van der Waals surface area contributed by atoms with Crippen LogP contribution in [-0.4, -0.2) is 35.6 Å². The first-order valence-corrected chi connectivity index (χ1v) is 16.2. The summed E-state index contributed by atoms with van der Waals surface area (Å²) in [5, 5.41) is 16.7. The first kappa shape index (κ1) is 34.0. The Labute approximate surface area is 261 Å². The smallest absolute Gasteiger partial charge is 0.344 e. The quantitative estimate of drug-likeness (QED) is 0.131. The molecular formula is C33H48N6O3S. The van der Waals surface area contributed by atoms with Crippen molar-refractivity contribution in [1.29, 1.82) is 0 Å². The van der Waals surface area contributed by atoms with E-state index in [1.165, 1.54) is 10.2 Å². The third-order valence-electron chi connectivity index (χ3n) is 6.65. The fourth-order valence-electron chi connectivity index (χ4n) is 4.04. The van der Waals surface area contributed by atoms with Gasteiger partial charge in [-0.05, 0) is 38.3 Å². The molecule has 0 radical (unpaired) electrons. The summed E-state index contributed by atoms with van der Waals surface area (Å²) < 4.78 is 13.7. The van der Waals surface area contributed by atoms with Crippen LogP contribution >= 0.6 is 11.8 Å². The number of amides is 1. The Hall–Kier alpha value is -3.53. The van der Waals surface area contributed by atoms with E-state index in [2.05, 4.69) is 72.6 Å². The molecule has 0 saturated heterocycles. The molecule has 1 aromatic heterocycles. The van der Waals surface area contributed by atoms with E-state index in [9.17, 15) is 4.79 Å². The second-order valence-corrected chi connectivity index (χ2v) is 12.7. The lowest BCUT2D eigenvalue weighted by atomic mass is 9.91. The number of nitrogen functional groups attached to an aromatic ring is 1. The number of aromatic nitrogens is 2. The lowest BCUT2D eigenvalue weighted by molar-refractivity contribution is 0.239. The number of carbonyl (C=O) groups is 1. The van der Waals surface area contributed by atoms with Crippen LogP contribution in [0.3, 0.4) is 0 Å². The third kappa shape index (κ3) is 9.74. The summed E-state index contributed by atoms with van der Waals surface area (Å²) in [5.41, 5.74) is 8.71. The van der Waals surface area contributed by atoms with E-state index in [1.54, 1.807) is 11.8 Å². The molecule has 10 heteroatoms. The second kappa shape index (κ2) is 16.4. The minimum atomic E-state index is -0.430. The lowest BCUT2D eigenvalue weighted by Gasteiger charge is -2.16. The van der Waals surface area contributed by atoms with Gasteiger partial charge in [-0.15, -0.1) is 10.2 Å². The molecule has 0 saturated carbocycles. The van der Waals surface area contributed by atoms with E-state index in [4.69, 9.17) is 15.2 Å². The molecule has 3 N–H and O–H groups in total. The van der Waals surface area contributed by atoms with Gasteiger partial charge in [0.1, 0.15) is 17.2 Å². The van der Waals surface area contributed by atoms with Crippen molar-refractivity contribution in [2.45, 2.75) is 102 Å². The molecule has 0 aliphatic rings. The Kier molecular flexibility index (Phi) is 12.9. The monoisotopic (exact) mass is 608 g/mol. The normalized spacial score (nSPS) is 11.7. The predicted octanol–water partition coefficient (Wildman–Crippen LogP) is 9.35. The van der Waals surface area contributed by atoms with Gasteiger partial charge in [0.15, 0.2) is 11.5 Å². The zero-order valence-electron chi connectivity index (χ0n) is 26.8. The van der Waals surface area contributed by atoms with Gasteiger partial charge in [-0.2, -0.15) is 9.78 Å². The van der Waals surface area contributed by atoms with Gasteiger partial charge in [-0.25, -0.2) is 4.79 Å². The molecule has 0 aliphatic carbocycles. The van der Waals surface area contributed by atoms with E-state index in [0.717, 1.165) is 48.3 Å². The molecule has 0 unspecified atom stereocenters. The average Bonchev–Trinajstić information content (AvgIpc) is 3.31. The van der Waals surface area contributed by atoms with E-state index >= 15 is 0 Å². The number of hydrogen-bond donors (Lipinski definition) is 2. The van der Waals surface area contributed by atoms with Gasteiger partial charge >= 0.3 is 6.03 Å². The summed E-state index contributed by atoms with van der Waals surface area (Å²) in [5.74, 6) is 1.46. The molecule has 0 aliphatic heterocycles. The number of aryl methyl sites for hydroxylation is 1. The zero-order chi connectivity index (χ0) is 31.4. The van der Waals surface area contributed by atoms with Gasteiger partial charge < -0.3 is 20.5 Å². The first-order valence-electron chi connectivity index (χ1n) is 15.4. The van der Waals surface area contributed by atoms with E-state index in [1.807, 2.05) is 32.9 Å². The highest BCUT2D eigenvalue weighted by Crippen LogP contribution is 2.44. The minimum absolute atomic E-state index is 0.141. The number of nitrogens with zero attached hydrogens (tertiary/aromatic N) is 4. The van der Waals surface area contributed by atoms with Gasteiger partial charge in [0.05, 0.1) is 23.8 Å². The second-order valence-electron chi connectivity index (χ2n) is 11.6. The molecule has 0 fully saturated rings. The van der Waals surface area contributed by atoms with Crippen LogP contribution in [0.25, 0.3) is 0 Å². The Bertz CT molecular complexity index is 1360. The summed E-state index contributed by atoms with van der Waals surface area (Å²) in [6, 6.07) is 11.9. The number of benzene rings is 2. The largest absolute Gasteiger partial charge is 0.492 e. The Balaban J connectivity index is 2.07. The molecule has 0 spiro atoms. The van der Waals surface area contributed by atoms with Gasteiger partial charge in [0.2, 0.25) is 0 Å². The molecule has 1 heterocycles. The minimum Gasteiger partial charge on any atom is -0.492 e. The number of nitrogens with two attached hydrogens (primary N) is 1. The molecule has 9 nitrogen and oxygen atoms in total. The SMILES string of the molecule is CCCCNC(=O)n1nc(C(C)(C)C)c(N=Nc2cc(OCCCC)c(Sc3ccc(C)cc3)cc2OCCCC)c1N. The van der Waals surface area contributed by atoms with Crippen LogP contribution < -0.4 is 20.5 Å². The maximum Gasteiger partial charge on any atom is 0.344 e. The number of anilines is 1. The van der Waals surface area contributed by atoms with Crippen LogP contribution in [-0.2, 0) is 5.41 Å². The van der Waals surface area contributed by atoms with Crippen LogP contribution in [0.5, 0.6) is 11.5 Å². The van der Waals surface area contributed by atoms with Crippen LogP contribution in [0, 0.1) is 6.92 Å². The topological polar surface area (TPSA) is 116 Å². The number of rotatable bonds is 15. The lowest BCUT2D eigenvalue weighted by Crippen LogP contribution is -2.31. The maximum absolute atomic E-state index is 12.9. The molecular weight excluding hydrogens is 560 g/mol. The number of azo groups is 1. The van der Waals surface area contributed by atoms with Crippen molar-refractivity contribution in [3.8, 4) is 11.5 Å². The van der Waals surface area contributed by atoms with Gasteiger partial charge in [0, 0.05) is 29.0 Å². The summed E-state index contributed by atoms with van der Waals surface area (Å²) in [7, 11) is 0. The number of nitrogens with one attached hydrogen (secondary N) is 1. The van der Waals surface area contributed by atoms with Crippen molar-refractivity contribution in [2.24, 2.45) is 10.2 Å². The molecule has 3 rings (SSSR count). The summed E-state index contributed by atoms with van der Waals surface area (Å²) in [4.78, 5) is 14.9. The highest BCUT2D eigenvalue weighted by Gasteiger charge is 2.28. The number of hydrogen-bond acceptors (Lipinski definition) is 8. The van der Waals surface area contributed by atoms with E-state index in [-0.39, 0.29) is 11.8 Å². The molecule has 43 heavy (non-hydrogen) atoms. The van der Waals surface area contributed by atoms with Crippen LogP contribution in [0.2, 0.25) is 0 Å². The molecule has 0 atom stereocenters. The van der Waals surface area contributed by atoms with Crippen molar-refractivity contribution in [1.82, 2.24) is 15.1 Å². The van der Waals surface area contributed by atoms with E-state index in [0.29, 0.717) is 48.3 Å². The molecule has 2 aromatic carbocycles. The molecule has 1 amide bonds. The van der Waals surface area contributed by atoms with Crippen molar-refractivity contribution in [3.63, 3.8) is 0 Å². The number of unbranched alkanes of at least 4 members (excludes halogenated alkanes) is 3. The number of ether oxygens (including phenoxy) is 2. The van der Waals surface area contributed by atoms with Crippen molar-refractivity contribution in [2.75, 3.05) is 25.5 Å². The summed E-state index contributed by atoms with van der Waals surface area (Å²) in [6.45, 7) is 16.1. The van der Waals surface area contributed by atoms with Crippen molar-refractivity contribution >= 4 is 35.0 Å². The predicted molar refractivity (Wildman–Crippen MR) is 176 cm³/mol. The summed E-state index contributed by atoms with van der Waals surface area (Å²) in [6.07, 6.45) is 5.71.